The van der Waals surface area contributed by atoms with Gasteiger partial charge in [-0.1, -0.05) is 11.8 Å². The lowest BCUT2D eigenvalue weighted by Gasteiger charge is -2.32. The zero-order valence-electron chi connectivity index (χ0n) is 20.2. The van der Waals surface area contributed by atoms with Crippen LogP contribution in [-0.4, -0.2) is 62.5 Å². The quantitative estimate of drug-likeness (QED) is 0.403. The number of hydrogen-bond donors (Lipinski definition) is 2. The molecule has 13 heteroatoms. The first-order valence-corrected chi connectivity index (χ1v) is 13.8. The van der Waals surface area contributed by atoms with Crippen LogP contribution in [-0.2, 0) is 16.1 Å². The van der Waals surface area contributed by atoms with Crippen LogP contribution in [0.2, 0.25) is 0 Å². The molecular weight excluding hydrogens is 562 g/mol. The van der Waals surface area contributed by atoms with E-state index in [-0.39, 0.29) is 18.7 Å². The number of fused-ring (bicyclic) bond motifs is 2. The summed E-state index contributed by atoms with van der Waals surface area (Å²) in [6.45, 7) is 3.12. The van der Waals surface area contributed by atoms with Gasteiger partial charge in [-0.15, -0.1) is 0 Å². The van der Waals surface area contributed by atoms with Crippen molar-refractivity contribution in [1.29, 1.82) is 0 Å². The molecule has 4 heterocycles. The number of aromatic nitrogens is 4. The van der Waals surface area contributed by atoms with E-state index < -0.39 is 5.91 Å². The van der Waals surface area contributed by atoms with Crippen molar-refractivity contribution in [2.75, 3.05) is 32.0 Å². The number of hydrogen-bond acceptors (Lipinski definition) is 9. The molecule has 11 nitrogen and oxygen atoms in total. The number of halogens is 1. The highest BCUT2D eigenvalue weighted by atomic mass is 79.9. The Labute approximate surface area is 226 Å². The summed E-state index contributed by atoms with van der Waals surface area (Å²) in [7, 11) is 0. The van der Waals surface area contributed by atoms with Gasteiger partial charge in [-0.25, -0.2) is 15.0 Å². The van der Waals surface area contributed by atoms with Crippen molar-refractivity contribution in [3.05, 3.63) is 22.9 Å². The van der Waals surface area contributed by atoms with E-state index in [4.69, 9.17) is 25.9 Å². The van der Waals surface area contributed by atoms with Crippen molar-refractivity contribution >= 4 is 56.5 Å². The molecule has 5 rings (SSSR count). The summed E-state index contributed by atoms with van der Waals surface area (Å²) in [6.07, 6.45) is 4.45. The number of anilines is 1. The van der Waals surface area contributed by atoms with E-state index >= 15 is 0 Å². The molecule has 0 aliphatic carbocycles. The van der Waals surface area contributed by atoms with Crippen LogP contribution in [0.3, 0.4) is 0 Å². The summed E-state index contributed by atoms with van der Waals surface area (Å²) >= 11 is 5.15. The number of rotatable bonds is 8. The Bertz CT molecular complexity index is 1330. The predicted molar refractivity (Wildman–Crippen MR) is 141 cm³/mol. The number of benzene rings is 1. The van der Waals surface area contributed by atoms with Gasteiger partial charge in [0.2, 0.25) is 11.8 Å². The minimum Gasteiger partial charge on any atom is -0.486 e. The molecule has 2 amide bonds. The Balaban J connectivity index is 1.30. The van der Waals surface area contributed by atoms with Crippen LogP contribution in [0.5, 0.6) is 11.5 Å². The smallest absolute Gasteiger partial charge is 0.223 e. The summed E-state index contributed by atoms with van der Waals surface area (Å²) in [6, 6.07) is 3.86. The highest BCUT2D eigenvalue weighted by Gasteiger charge is 2.25. The van der Waals surface area contributed by atoms with Crippen molar-refractivity contribution in [1.82, 2.24) is 24.4 Å². The SMILES string of the molecule is NC(=O)CCC(=O)N1CCC(CCn2c(Sc3cc4c(cc3Br)OCCO4)nc3c(N)ncnc32)CC1. The van der Waals surface area contributed by atoms with Gasteiger partial charge >= 0.3 is 0 Å². The number of piperidine rings is 1. The van der Waals surface area contributed by atoms with E-state index in [0.717, 1.165) is 33.8 Å². The Morgan fingerprint density at radius 2 is 1.84 bits per heavy atom. The standard InChI is InChI=1S/C24H28BrN7O4S/c25-15-11-16-17(36-10-9-35-16)12-18(15)37-24-30-21-22(27)28-13-29-23(21)32(24)8-5-14-3-6-31(7-4-14)20(34)2-1-19(26)33/h11-14H,1-10H2,(H2,26,33)(H2,27,28,29). The Hall–Kier alpha value is -3.06. The van der Waals surface area contributed by atoms with E-state index in [9.17, 15) is 9.59 Å². The first kappa shape index (κ1) is 25.6. The maximum absolute atomic E-state index is 12.3. The van der Waals surface area contributed by atoms with Crippen LogP contribution in [0.1, 0.15) is 32.1 Å². The van der Waals surface area contributed by atoms with Crippen LogP contribution < -0.4 is 20.9 Å². The van der Waals surface area contributed by atoms with Gasteiger partial charge in [0.05, 0.1) is 0 Å². The summed E-state index contributed by atoms with van der Waals surface area (Å²) < 4.78 is 14.4. The molecule has 1 fully saturated rings. The lowest BCUT2D eigenvalue weighted by atomic mass is 9.93. The van der Waals surface area contributed by atoms with E-state index in [1.54, 1.807) is 0 Å². The minimum absolute atomic E-state index is 0.00581. The monoisotopic (exact) mass is 589 g/mol. The second kappa shape index (κ2) is 11.1. The first-order valence-electron chi connectivity index (χ1n) is 12.2. The molecule has 0 unspecified atom stereocenters. The zero-order valence-corrected chi connectivity index (χ0v) is 22.6. The largest absolute Gasteiger partial charge is 0.486 e. The zero-order chi connectivity index (χ0) is 25.9. The first-order chi connectivity index (χ1) is 17.9. The molecule has 2 aliphatic heterocycles. The second-order valence-electron chi connectivity index (χ2n) is 9.08. The number of imidazole rings is 1. The molecule has 1 saturated heterocycles. The van der Waals surface area contributed by atoms with Gasteiger partial charge in [-0.2, -0.15) is 0 Å². The third-order valence-corrected chi connectivity index (χ3v) is 8.61. The van der Waals surface area contributed by atoms with Gasteiger partial charge in [0.25, 0.3) is 0 Å². The number of carbonyl (C=O) groups excluding carboxylic acids is 2. The second-order valence-corrected chi connectivity index (χ2v) is 10.9. The number of likely N-dealkylation sites (tertiary alicyclic amines) is 1. The Morgan fingerprint density at radius 3 is 2.57 bits per heavy atom. The summed E-state index contributed by atoms with van der Waals surface area (Å²) in [4.78, 5) is 39.5. The Kier molecular flexibility index (Phi) is 7.70. The number of nitrogens with two attached hydrogens (primary N) is 2. The molecule has 4 N–H and O–H groups in total. The number of amides is 2. The van der Waals surface area contributed by atoms with E-state index in [0.29, 0.717) is 67.2 Å². The highest BCUT2D eigenvalue weighted by molar-refractivity contribution is 9.10. The van der Waals surface area contributed by atoms with Crippen molar-refractivity contribution < 1.29 is 19.1 Å². The van der Waals surface area contributed by atoms with Gasteiger partial charge in [-0.3, -0.25) is 9.59 Å². The molecule has 0 spiro atoms. The third kappa shape index (κ3) is 5.77. The van der Waals surface area contributed by atoms with Crippen molar-refractivity contribution in [2.45, 2.75) is 48.7 Å². The molecule has 196 valence electrons. The number of aryl methyl sites for hydroxylation is 1. The fourth-order valence-electron chi connectivity index (χ4n) is 4.61. The fourth-order valence-corrected chi connectivity index (χ4v) is 6.12. The van der Waals surface area contributed by atoms with Crippen molar-refractivity contribution in [3.8, 4) is 11.5 Å². The summed E-state index contributed by atoms with van der Waals surface area (Å²) in [5.74, 6) is 1.76. The van der Waals surface area contributed by atoms with Gasteiger partial charge < -0.3 is 30.4 Å². The highest BCUT2D eigenvalue weighted by Crippen LogP contribution is 2.42. The number of nitrogen functional groups attached to an aromatic ring is 1. The maximum Gasteiger partial charge on any atom is 0.223 e. The molecular formula is C24H28BrN7O4S. The van der Waals surface area contributed by atoms with Crippen molar-refractivity contribution in [2.24, 2.45) is 11.7 Å². The molecule has 0 radical (unpaired) electrons. The minimum atomic E-state index is -0.447. The number of carbonyl (C=O) groups is 2. The van der Waals surface area contributed by atoms with Crippen LogP contribution in [0.25, 0.3) is 11.2 Å². The fraction of sp³-hybridized carbons (Fsp3) is 0.458. The summed E-state index contributed by atoms with van der Waals surface area (Å²) in [5.41, 5.74) is 12.6. The normalized spacial score (nSPS) is 15.8. The summed E-state index contributed by atoms with van der Waals surface area (Å²) in [5, 5.41) is 0.763. The Morgan fingerprint density at radius 1 is 1.11 bits per heavy atom. The van der Waals surface area contributed by atoms with Crippen LogP contribution in [0, 0.1) is 5.92 Å². The average molecular weight is 591 g/mol. The molecule has 0 saturated carbocycles. The third-order valence-electron chi connectivity index (χ3n) is 6.64. The van der Waals surface area contributed by atoms with Gasteiger partial charge in [-0.05, 0) is 53.2 Å². The topological polar surface area (TPSA) is 151 Å². The lowest BCUT2D eigenvalue weighted by Crippen LogP contribution is -2.39. The lowest BCUT2D eigenvalue weighted by molar-refractivity contribution is -0.134. The van der Waals surface area contributed by atoms with E-state index in [2.05, 4.69) is 30.5 Å². The average Bonchev–Trinajstić information content (AvgIpc) is 3.25. The number of ether oxygens (including phenoxy) is 2. The van der Waals surface area contributed by atoms with Gasteiger partial charge in [0, 0.05) is 41.8 Å². The van der Waals surface area contributed by atoms with Crippen LogP contribution in [0.15, 0.2) is 33.0 Å². The molecule has 1 aromatic carbocycles. The van der Waals surface area contributed by atoms with E-state index in [1.807, 2.05) is 17.0 Å². The predicted octanol–water partition coefficient (Wildman–Crippen LogP) is 2.99. The van der Waals surface area contributed by atoms with Crippen molar-refractivity contribution in [3.63, 3.8) is 0 Å². The molecule has 2 aromatic heterocycles. The molecule has 2 aliphatic rings. The van der Waals surface area contributed by atoms with Crippen LogP contribution in [0.4, 0.5) is 5.82 Å². The number of primary amides is 1. The van der Waals surface area contributed by atoms with E-state index in [1.165, 1.54) is 18.1 Å². The molecule has 3 aromatic rings. The van der Waals surface area contributed by atoms with Gasteiger partial charge in [0.1, 0.15) is 19.5 Å². The molecule has 0 bridgehead atoms. The van der Waals surface area contributed by atoms with Crippen LogP contribution >= 0.6 is 27.7 Å². The maximum atomic E-state index is 12.3. The molecule has 0 atom stereocenters. The van der Waals surface area contributed by atoms with Gasteiger partial charge in [0.15, 0.2) is 33.6 Å². The number of nitrogens with zero attached hydrogens (tertiary/aromatic N) is 5. The molecule has 37 heavy (non-hydrogen) atoms.